The number of amides is 2. The molecule has 0 radical (unpaired) electrons. The van der Waals surface area contributed by atoms with Crippen molar-refractivity contribution in [3.8, 4) is 5.75 Å². The van der Waals surface area contributed by atoms with Crippen LogP contribution in [0.25, 0.3) is 0 Å². The van der Waals surface area contributed by atoms with Gasteiger partial charge in [0.1, 0.15) is 5.75 Å². The molecule has 0 fully saturated rings. The van der Waals surface area contributed by atoms with Crippen LogP contribution in [-0.4, -0.2) is 24.5 Å². The fourth-order valence-electron chi connectivity index (χ4n) is 1.46. The fourth-order valence-corrected chi connectivity index (χ4v) is 1.46. The topological polar surface area (TPSA) is 67.4 Å². The number of hydrogen-bond donors (Lipinski definition) is 2. The molecule has 0 bridgehead atoms. The van der Waals surface area contributed by atoms with Gasteiger partial charge in [-0.3, -0.25) is 9.59 Å². The van der Waals surface area contributed by atoms with E-state index in [9.17, 15) is 9.59 Å². The first-order chi connectivity index (χ1) is 9.02. The second-order valence-corrected chi connectivity index (χ2v) is 4.39. The van der Waals surface area contributed by atoms with Crippen molar-refractivity contribution in [2.45, 2.75) is 33.4 Å². The zero-order chi connectivity index (χ0) is 14.3. The van der Waals surface area contributed by atoms with Crippen molar-refractivity contribution in [3.05, 3.63) is 29.8 Å². The SMILES string of the molecule is CCOc1ccc(CNC(=O)C(=O)NC(C)C)cc1. The Morgan fingerprint density at radius 1 is 1.16 bits per heavy atom. The average Bonchev–Trinajstić information content (AvgIpc) is 2.37. The zero-order valence-electron chi connectivity index (χ0n) is 11.5. The molecule has 0 aliphatic rings. The molecule has 0 saturated carbocycles. The van der Waals surface area contributed by atoms with Gasteiger partial charge in [-0.05, 0) is 38.5 Å². The lowest BCUT2D eigenvalue weighted by molar-refractivity contribution is -0.139. The van der Waals surface area contributed by atoms with Crippen LogP contribution in [0.1, 0.15) is 26.3 Å². The molecule has 5 heteroatoms. The van der Waals surface area contributed by atoms with Crippen molar-refractivity contribution in [2.75, 3.05) is 6.61 Å². The second kappa shape index (κ2) is 7.41. The Kier molecular flexibility index (Phi) is 5.85. The predicted molar refractivity (Wildman–Crippen MR) is 72.7 cm³/mol. The minimum absolute atomic E-state index is 0.0521. The largest absolute Gasteiger partial charge is 0.494 e. The van der Waals surface area contributed by atoms with E-state index in [1.807, 2.05) is 31.2 Å². The van der Waals surface area contributed by atoms with E-state index in [0.717, 1.165) is 11.3 Å². The molecule has 0 spiro atoms. The molecule has 2 N–H and O–H groups in total. The van der Waals surface area contributed by atoms with E-state index in [1.165, 1.54) is 0 Å². The van der Waals surface area contributed by atoms with Gasteiger partial charge in [-0.25, -0.2) is 0 Å². The summed E-state index contributed by atoms with van der Waals surface area (Å²) in [5.41, 5.74) is 0.911. The summed E-state index contributed by atoms with van der Waals surface area (Å²) in [5, 5.41) is 5.10. The van der Waals surface area contributed by atoms with Crippen LogP contribution in [0.2, 0.25) is 0 Å². The quantitative estimate of drug-likeness (QED) is 0.786. The van der Waals surface area contributed by atoms with Gasteiger partial charge in [-0.2, -0.15) is 0 Å². The van der Waals surface area contributed by atoms with E-state index in [-0.39, 0.29) is 6.04 Å². The van der Waals surface area contributed by atoms with Crippen LogP contribution in [0.5, 0.6) is 5.75 Å². The standard InChI is InChI=1S/C14H20N2O3/c1-4-19-12-7-5-11(6-8-12)9-15-13(17)14(18)16-10(2)3/h5-8,10H,4,9H2,1-3H3,(H,15,17)(H,16,18). The van der Waals surface area contributed by atoms with Crippen LogP contribution in [0.15, 0.2) is 24.3 Å². The monoisotopic (exact) mass is 264 g/mol. The van der Waals surface area contributed by atoms with Crippen molar-refractivity contribution in [1.29, 1.82) is 0 Å². The van der Waals surface area contributed by atoms with Gasteiger partial charge in [0, 0.05) is 12.6 Å². The first kappa shape index (κ1) is 15.0. The summed E-state index contributed by atoms with van der Waals surface area (Å²) in [6, 6.07) is 7.32. The summed E-state index contributed by atoms with van der Waals surface area (Å²) in [4.78, 5) is 22.8. The van der Waals surface area contributed by atoms with Crippen LogP contribution in [0, 0.1) is 0 Å². The Morgan fingerprint density at radius 2 is 1.79 bits per heavy atom. The van der Waals surface area contributed by atoms with E-state index in [2.05, 4.69) is 10.6 Å². The van der Waals surface area contributed by atoms with E-state index < -0.39 is 11.8 Å². The molecule has 1 rings (SSSR count). The lowest BCUT2D eigenvalue weighted by atomic mass is 10.2. The molecule has 19 heavy (non-hydrogen) atoms. The summed E-state index contributed by atoms with van der Waals surface area (Å²) in [6.45, 7) is 6.46. The number of benzene rings is 1. The first-order valence-corrected chi connectivity index (χ1v) is 6.33. The number of carbonyl (C=O) groups is 2. The third kappa shape index (κ3) is 5.42. The van der Waals surface area contributed by atoms with Gasteiger partial charge < -0.3 is 15.4 Å². The van der Waals surface area contributed by atoms with Gasteiger partial charge in [-0.1, -0.05) is 12.1 Å². The molecule has 0 heterocycles. The molecule has 0 saturated heterocycles. The van der Waals surface area contributed by atoms with Gasteiger partial charge in [-0.15, -0.1) is 0 Å². The van der Waals surface area contributed by atoms with Crippen molar-refractivity contribution >= 4 is 11.8 Å². The summed E-state index contributed by atoms with van der Waals surface area (Å²) in [7, 11) is 0. The Labute approximate surface area is 113 Å². The third-order valence-corrected chi connectivity index (χ3v) is 2.31. The van der Waals surface area contributed by atoms with Crippen molar-refractivity contribution in [2.24, 2.45) is 0 Å². The molecule has 5 nitrogen and oxygen atoms in total. The fraction of sp³-hybridized carbons (Fsp3) is 0.429. The van der Waals surface area contributed by atoms with Gasteiger partial charge in [0.05, 0.1) is 6.61 Å². The molecule has 2 amide bonds. The number of ether oxygens (including phenoxy) is 1. The Bertz CT molecular complexity index is 427. The number of rotatable bonds is 5. The van der Waals surface area contributed by atoms with Crippen LogP contribution in [0.4, 0.5) is 0 Å². The Morgan fingerprint density at radius 3 is 2.32 bits per heavy atom. The molecule has 0 aromatic heterocycles. The first-order valence-electron chi connectivity index (χ1n) is 6.33. The molecule has 0 unspecified atom stereocenters. The molecule has 1 aromatic rings. The smallest absolute Gasteiger partial charge is 0.309 e. The summed E-state index contributed by atoms with van der Waals surface area (Å²) in [6.07, 6.45) is 0. The van der Waals surface area contributed by atoms with Crippen LogP contribution in [0.3, 0.4) is 0 Å². The van der Waals surface area contributed by atoms with E-state index in [4.69, 9.17) is 4.74 Å². The van der Waals surface area contributed by atoms with E-state index in [0.29, 0.717) is 13.2 Å². The van der Waals surface area contributed by atoms with Crippen molar-refractivity contribution in [3.63, 3.8) is 0 Å². The van der Waals surface area contributed by atoms with Crippen LogP contribution in [-0.2, 0) is 16.1 Å². The maximum atomic E-state index is 11.5. The second-order valence-electron chi connectivity index (χ2n) is 4.39. The van der Waals surface area contributed by atoms with Crippen molar-refractivity contribution in [1.82, 2.24) is 10.6 Å². The van der Waals surface area contributed by atoms with Gasteiger partial charge in [0.2, 0.25) is 0 Å². The molecule has 1 aromatic carbocycles. The van der Waals surface area contributed by atoms with Gasteiger partial charge in [0.25, 0.3) is 0 Å². The Hall–Kier alpha value is -2.04. The highest BCUT2D eigenvalue weighted by atomic mass is 16.5. The van der Waals surface area contributed by atoms with Crippen LogP contribution < -0.4 is 15.4 Å². The highest BCUT2D eigenvalue weighted by molar-refractivity contribution is 6.35. The number of nitrogens with one attached hydrogen (secondary N) is 2. The number of carbonyl (C=O) groups excluding carboxylic acids is 2. The summed E-state index contributed by atoms with van der Waals surface area (Å²) < 4.78 is 5.32. The maximum Gasteiger partial charge on any atom is 0.309 e. The molecular weight excluding hydrogens is 244 g/mol. The summed E-state index contributed by atoms with van der Waals surface area (Å²) in [5.74, 6) is -0.446. The van der Waals surface area contributed by atoms with E-state index >= 15 is 0 Å². The highest BCUT2D eigenvalue weighted by Gasteiger charge is 2.13. The lowest BCUT2D eigenvalue weighted by Gasteiger charge is -2.09. The van der Waals surface area contributed by atoms with E-state index in [1.54, 1.807) is 13.8 Å². The highest BCUT2D eigenvalue weighted by Crippen LogP contribution is 2.11. The van der Waals surface area contributed by atoms with Gasteiger partial charge in [0.15, 0.2) is 0 Å². The number of hydrogen-bond acceptors (Lipinski definition) is 3. The van der Waals surface area contributed by atoms with Crippen LogP contribution >= 0.6 is 0 Å². The molecule has 0 aliphatic carbocycles. The van der Waals surface area contributed by atoms with Gasteiger partial charge >= 0.3 is 11.8 Å². The molecule has 0 atom stereocenters. The van der Waals surface area contributed by atoms with Crippen molar-refractivity contribution < 1.29 is 14.3 Å². The molecule has 0 aliphatic heterocycles. The minimum atomic E-state index is -0.623. The summed E-state index contributed by atoms with van der Waals surface area (Å²) >= 11 is 0. The lowest BCUT2D eigenvalue weighted by Crippen LogP contribution is -2.42. The molecular formula is C14H20N2O3. The third-order valence-electron chi connectivity index (χ3n) is 2.31. The predicted octanol–water partition coefficient (Wildman–Crippen LogP) is 1.23. The molecule has 104 valence electrons. The normalized spacial score (nSPS) is 10.1. The Balaban J connectivity index is 2.43. The average molecular weight is 264 g/mol. The minimum Gasteiger partial charge on any atom is -0.494 e. The zero-order valence-corrected chi connectivity index (χ0v) is 11.5. The maximum absolute atomic E-state index is 11.5.